The maximum atomic E-state index is 12.4. The molecule has 3 aromatic rings. The minimum absolute atomic E-state index is 0.175. The van der Waals surface area contributed by atoms with Crippen molar-refractivity contribution in [2.24, 2.45) is 7.05 Å². The standard InChI is InChI=1S/C20H20N2O/c1-21-14-17(16-9-5-6-10-18(16)21)19-11-12-20(23)22(19)13-15-7-3-2-4-8-15/h2-10,14,19H,11-13H2,1H3/t19-/m0/s1. The number of hydrogen-bond donors (Lipinski definition) is 0. The average Bonchev–Trinajstić information content (AvgIpc) is 3.10. The van der Waals surface area contributed by atoms with Crippen LogP contribution in [-0.2, 0) is 18.4 Å². The Morgan fingerprint density at radius 2 is 1.78 bits per heavy atom. The first kappa shape index (κ1) is 14.1. The number of carbonyl (C=O) groups is 1. The minimum Gasteiger partial charge on any atom is -0.350 e. The SMILES string of the molecule is Cn1cc([C@@H]2CCC(=O)N2Cc2ccccc2)c2ccccc21. The maximum Gasteiger partial charge on any atom is 0.223 e. The summed E-state index contributed by atoms with van der Waals surface area (Å²) in [5.41, 5.74) is 3.68. The molecular weight excluding hydrogens is 284 g/mol. The van der Waals surface area contributed by atoms with Crippen molar-refractivity contribution >= 4 is 16.8 Å². The highest BCUT2D eigenvalue weighted by Crippen LogP contribution is 2.38. The number of aryl methyl sites for hydroxylation is 1. The Morgan fingerprint density at radius 3 is 2.61 bits per heavy atom. The molecule has 1 aliphatic rings. The number of benzene rings is 2. The van der Waals surface area contributed by atoms with Gasteiger partial charge in [0.15, 0.2) is 0 Å². The number of rotatable bonds is 3. The maximum absolute atomic E-state index is 12.4. The van der Waals surface area contributed by atoms with E-state index in [2.05, 4.69) is 54.2 Å². The van der Waals surface area contributed by atoms with Crippen molar-refractivity contribution in [3.05, 3.63) is 71.9 Å². The monoisotopic (exact) mass is 304 g/mol. The molecule has 0 bridgehead atoms. The molecule has 1 amide bonds. The lowest BCUT2D eigenvalue weighted by Crippen LogP contribution is -2.27. The zero-order valence-electron chi connectivity index (χ0n) is 13.3. The second kappa shape index (κ2) is 5.58. The van der Waals surface area contributed by atoms with Crippen molar-refractivity contribution in [3.63, 3.8) is 0 Å². The molecule has 1 saturated heterocycles. The zero-order valence-corrected chi connectivity index (χ0v) is 13.3. The molecule has 0 aliphatic carbocycles. The van der Waals surface area contributed by atoms with E-state index in [1.807, 2.05) is 23.1 Å². The van der Waals surface area contributed by atoms with E-state index in [0.29, 0.717) is 13.0 Å². The van der Waals surface area contributed by atoms with Gasteiger partial charge in [-0.15, -0.1) is 0 Å². The highest BCUT2D eigenvalue weighted by atomic mass is 16.2. The van der Waals surface area contributed by atoms with Gasteiger partial charge < -0.3 is 9.47 Å². The Hall–Kier alpha value is -2.55. The fraction of sp³-hybridized carbons (Fsp3) is 0.250. The molecule has 1 aromatic heterocycles. The van der Waals surface area contributed by atoms with Gasteiger partial charge in [0.05, 0.1) is 6.04 Å². The van der Waals surface area contributed by atoms with Crippen LogP contribution in [-0.4, -0.2) is 15.4 Å². The van der Waals surface area contributed by atoms with Gasteiger partial charge in [-0.05, 0) is 18.1 Å². The molecular formula is C20H20N2O. The first-order valence-electron chi connectivity index (χ1n) is 8.11. The number of aromatic nitrogens is 1. The number of fused-ring (bicyclic) bond motifs is 1. The Morgan fingerprint density at radius 1 is 1.04 bits per heavy atom. The van der Waals surface area contributed by atoms with E-state index in [0.717, 1.165) is 6.42 Å². The second-order valence-electron chi connectivity index (χ2n) is 6.27. The molecule has 4 rings (SSSR count). The largest absolute Gasteiger partial charge is 0.350 e. The molecule has 0 N–H and O–H groups in total. The summed E-state index contributed by atoms with van der Waals surface area (Å²) in [4.78, 5) is 14.5. The highest BCUT2D eigenvalue weighted by molar-refractivity contribution is 5.86. The van der Waals surface area contributed by atoms with Gasteiger partial charge in [-0.1, -0.05) is 48.5 Å². The normalized spacial score (nSPS) is 18.0. The highest BCUT2D eigenvalue weighted by Gasteiger charge is 2.33. The molecule has 1 fully saturated rings. The van der Waals surface area contributed by atoms with E-state index in [4.69, 9.17) is 0 Å². The molecule has 3 heteroatoms. The van der Waals surface area contributed by atoms with Gasteiger partial charge in [0, 0.05) is 42.7 Å². The van der Waals surface area contributed by atoms with E-state index >= 15 is 0 Å². The number of likely N-dealkylation sites (tertiary alicyclic amines) is 1. The van der Waals surface area contributed by atoms with Crippen LogP contribution in [0.2, 0.25) is 0 Å². The van der Waals surface area contributed by atoms with Crippen LogP contribution in [0.5, 0.6) is 0 Å². The van der Waals surface area contributed by atoms with Gasteiger partial charge in [-0.25, -0.2) is 0 Å². The Bertz CT molecular complexity index is 850. The summed E-state index contributed by atoms with van der Waals surface area (Å²) in [6, 6.07) is 18.9. The van der Waals surface area contributed by atoms with Gasteiger partial charge >= 0.3 is 0 Å². The van der Waals surface area contributed by atoms with Crippen LogP contribution in [0, 0.1) is 0 Å². The molecule has 1 aliphatic heterocycles. The second-order valence-corrected chi connectivity index (χ2v) is 6.27. The van der Waals surface area contributed by atoms with Crippen LogP contribution >= 0.6 is 0 Å². The Balaban J connectivity index is 1.73. The lowest BCUT2D eigenvalue weighted by atomic mass is 10.0. The average molecular weight is 304 g/mol. The molecule has 0 unspecified atom stereocenters. The summed E-state index contributed by atoms with van der Waals surface area (Å²) in [6.45, 7) is 0.688. The lowest BCUT2D eigenvalue weighted by molar-refractivity contribution is -0.129. The third kappa shape index (κ3) is 2.42. The topological polar surface area (TPSA) is 25.2 Å². The van der Waals surface area contributed by atoms with Gasteiger partial charge in [0.2, 0.25) is 5.91 Å². The molecule has 0 spiro atoms. The first-order valence-corrected chi connectivity index (χ1v) is 8.11. The fourth-order valence-corrected chi connectivity index (χ4v) is 3.67. The smallest absolute Gasteiger partial charge is 0.223 e. The molecule has 23 heavy (non-hydrogen) atoms. The summed E-state index contributed by atoms with van der Waals surface area (Å²) >= 11 is 0. The minimum atomic E-state index is 0.175. The van der Waals surface area contributed by atoms with Crippen LogP contribution in [0.4, 0.5) is 0 Å². The third-order valence-electron chi connectivity index (χ3n) is 4.81. The van der Waals surface area contributed by atoms with Crippen LogP contribution in [0.25, 0.3) is 10.9 Å². The van der Waals surface area contributed by atoms with E-state index < -0.39 is 0 Å². The van der Waals surface area contributed by atoms with Crippen LogP contribution < -0.4 is 0 Å². The predicted octanol–water partition coefficient (Wildman–Crippen LogP) is 4.04. The van der Waals surface area contributed by atoms with Gasteiger partial charge in [0.1, 0.15) is 0 Å². The van der Waals surface area contributed by atoms with Crippen molar-refractivity contribution in [2.75, 3.05) is 0 Å². The van der Waals surface area contributed by atoms with E-state index in [1.54, 1.807) is 0 Å². The van der Waals surface area contributed by atoms with Crippen molar-refractivity contribution in [1.29, 1.82) is 0 Å². The summed E-state index contributed by atoms with van der Waals surface area (Å²) in [7, 11) is 2.07. The van der Waals surface area contributed by atoms with Crippen molar-refractivity contribution in [2.45, 2.75) is 25.4 Å². The van der Waals surface area contributed by atoms with E-state index in [9.17, 15) is 4.79 Å². The molecule has 2 heterocycles. The molecule has 0 radical (unpaired) electrons. The molecule has 1 atom stereocenters. The number of amides is 1. The van der Waals surface area contributed by atoms with Crippen molar-refractivity contribution < 1.29 is 4.79 Å². The van der Waals surface area contributed by atoms with E-state index in [-0.39, 0.29) is 11.9 Å². The lowest BCUT2D eigenvalue weighted by Gasteiger charge is -2.25. The first-order chi connectivity index (χ1) is 11.2. The number of carbonyl (C=O) groups excluding carboxylic acids is 1. The van der Waals surface area contributed by atoms with Crippen LogP contribution in [0.3, 0.4) is 0 Å². The molecule has 116 valence electrons. The van der Waals surface area contributed by atoms with Gasteiger partial charge in [-0.3, -0.25) is 4.79 Å². The Kier molecular flexibility index (Phi) is 3.41. The zero-order chi connectivity index (χ0) is 15.8. The summed E-state index contributed by atoms with van der Waals surface area (Å²) in [5.74, 6) is 0.256. The third-order valence-corrected chi connectivity index (χ3v) is 4.81. The molecule has 3 nitrogen and oxygen atoms in total. The summed E-state index contributed by atoms with van der Waals surface area (Å²) < 4.78 is 2.16. The van der Waals surface area contributed by atoms with Crippen LogP contribution in [0.15, 0.2) is 60.8 Å². The number of para-hydroxylation sites is 1. The van der Waals surface area contributed by atoms with Crippen molar-refractivity contribution in [1.82, 2.24) is 9.47 Å². The van der Waals surface area contributed by atoms with E-state index in [1.165, 1.54) is 22.0 Å². The van der Waals surface area contributed by atoms with Crippen LogP contribution in [0.1, 0.15) is 30.0 Å². The predicted molar refractivity (Wildman–Crippen MR) is 91.9 cm³/mol. The quantitative estimate of drug-likeness (QED) is 0.717. The number of nitrogens with zero attached hydrogens (tertiary/aromatic N) is 2. The fourth-order valence-electron chi connectivity index (χ4n) is 3.67. The number of hydrogen-bond acceptors (Lipinski definition) is 1. The van der Waals surface area contributed by atoms with Gasteiger partial charge in [-0.2, -0.15) is 0 Å². The summed E-state index contributed by atoms with van der Waals surface area (Å²) in [6.07, 6.45) is 3.73. The summed E-state index contributed by atoms with van der Waals surface area (Å²) in [5, 5.41) is 1.26. The van der Waals surface area contributed by atoms with Gasteiger partial charge in [0.25, 0.3) is 0 Å². The molecule has 0 saturated carbocycles. The molecule has 2 aromatic carbocycles. The Labute approximate surface area is 136 Å². The van der Waals surface area contributed by atoms with Crippen molar-refractivity contribution in [3.8, 4) is 0 Å².